The molecule has 3 rings (SSSR count). The zero-order valence-electron chi connectivity index (χ0n) is 18.5. The summed E-state index contributed by atoms with van der Waals surface area (Å²) in [6.07, 6.45) is 1.29. The van der Waals surface area contributed by atoms with Gasteiger partial charge in [0.15, 0.2) is 0 Å². The molecule has 2 aromatic carbocycles. The van der Waals surface area contributed by atoms with E-state index in [9.17, 15) is 24.2 Å². The minimum atomic E-state index is -1.36. The molecule has 6 nitrogen and oxygen atoms in total. The van der Waals surface area contributed by atoms with Gasteiger partial charge in [-0.1, -0.05) is 44.5 Å². The van der Waals surface area contributed by atoms with Crippen LogP contribution in [0.25, 0.3) is 10.9 Å². The quantitative estimate of drug-likeness (QED) is 0.551. The van der Waals surface area contributed by atoms with Crippen molar-refractivity contribution in [3.8, 4) is 5.75 Å². The molecular formula is C24H27ClFNO5. The Morgan fingerprint density at radius 3 is 2.44 bits per heavy atom. The van der Waals surface area contributed by atoms with Crippen LogP contribution in [0.3, 0.4) is 0 Å². The van der Waals surface area contributed by atoms with Crippen LogP contribution in [0.1, 0.15) is 42.3 Å². The van der Waals surface area contributed by atoms with Gasteiger partial charge in [-0.05, 0) is 29.2 Å². The van der Waals surface area contributed by atoms with Crippen molar-refractivity contribution in [2.75, 3.05) is 13.7 Å². The summed E-state index contributed by atoms with van der Waals surface area (Å²) in [7, 11) is 1.44. The van der Waals surface area contributed by atoms with Crippen molar-refractivity contribution in [2.24, 2.45) is 5.92 Å². The fourth-order valence-electron chi connectivity index (χ4n) is 3.13. The Hall–Kier alpha value is -2.90. The van der Waals surface area contributed by atoms with E-state index in [1.807, 2.05) is 0 Å². The number of rotatable bonds is 6. The molecule has 32 heavy (non-hydrogen) atoms. The Kier molecular flexibility index (Phi) is 8.80. The van der Waals surface area contributed by atoms with E-state index in [-0.39, 0.29) is 30.0 Å². The Labute approximate surface area is 190 Å². The second-order valence-electron chi connectivity index (χ2n) is 7.90. The highest BCUT2D eigenvalue weighted by molar-refractivity contribution is 6.30. The Bertz CT molecular complexity index is 1170. The zero-order chi connectivity index (χ0) is 24.0. The number of nitrogens with zero attached hydrogens (tertiary/aromatic N) is 1. The fraction of sp³-hybridized carbons (Fsp3) is 0.333. The van der Waals surface area contributed by atoms with Crippen LogP contribution in [0.4, 0.5) is 4.39 Å². The number of pyridine rings is 1. The van der Waals surface area contributed by atoms with Crippen molar-refractivity contribution in [3.63, 3.8) is 0 Å². The van der Waals surface area contributed by atoms with Crippen molar-refractivity contribution < 1.29 is 24.1 Å². The summed E-state index contributed by atoms with van der Waals surface area (Å²) in [5.74, 6) is -0.693. The lowest BCUT2D eigenvalue weighted by Crippen LogP contribution is -2.20. The fourth-order valence-corrected chi connectivity index (χ4v) is 3.32. The molecule has 1 heterocycles. The number of aromatic carboxylic acids is 1. The number of hydrogen-bond donors (Lipinski definition) is 2. The zero-order valence-corrected chi connectivity index (χ0v) is 19.2. The van der Waals surface area contributed by atoms with Crippen LogP contribution in [-0.2, 0) is 13.0 Å². The van der Waals surface area contributed by atoms with Crippen LogP contribution >= 0.6 is 11.6 Å². The number of aliphatic hydroxyl groups excluding tert-OH is 1. The number of aliphatic hydroxyl groups is 1. The van der Waals surface area contributed by atoms with Gasteiger partial charge in [0.1, 0.15) is 17.1 Å². The lowest BCUT2D eigenvalue weighted by atomic mass is 10.00. The monoisotopic (exact) mass is 463 g/mol. The van der Waals surface area contributed by atoms with Crippen molar-refractivity contribution >= 4 is 28.5 Å². The molecule has 0 aliphatic rings. The number of methoxy groups -OCH3 is 1. The van der Waals surface area contributed by atoms with Crippen molar-refractivity contribution in [1.82, 2.24) is 4.57 Å². The maximum Gasteiger partial charge on any atom is 0.341 e. The molecule has 0 saturated carbocycles. The SMILES string of the molecule is CC(C)C.COc1cc2c(cc1Cc1cccc(Cl)c1F)c(=O)c(C(=O)O)cn2CCO. The third-order valence-electron chi connectivity index (χ3n) is 4.47. The summed E-state index contributed by atoms with van der Waals surface area (Å²) < 4.78 is 21.2. The molecule has 8 heteroatoms. The molecule has 0 aliphatic heterocycles. The van der Waals surface area contributed by atoms with E-state index in [2.05, 4.69) is 20.8 Å². The molecule has 3 aromatic rings. The molecule has 0 unspecified atom stereocenters. The Morgan fingerprint density at radius 1 is 1.22 bits per heavy atom. The van der Waals surface area contributed by atoms with Crippen molar-refractivity contribution in [3.05, 3.63) is 74.3 Å². The standard InChI is InChI=1S/C20H17ClFNO5.C4H10/c1-28-17-9-16-13(19(25)14(20(26)27)10-23(16)5-6-24)8-12(17)7-11-3-2-4-15(21)18(11)22;1-4(2)3/h2-4,8-10,24H,5-7H2,1H3,(H,26,27);4H,1-3H3. The number of ether oxygens (including phenoxy) is 1. The van der Waals surface area contributed by atoms with Crippen molar-refractivity contribution in [2.45, 2.75) is 33.7 Å². The second kappa shape index (κ2) is 11.1. The van der Waals surface area contributed by atoms with E-state index in [0.29, 0.717) is 22.4 Å². The molecule has 0 radical (unpaired) electrons. The second-order valence-corrected chi connectivity index (χ2v) is 8.30. The predicted octanol–water partition coefficient (Wildman–Crippen LogP) is 4.75. The first-order valence-corrected chi connectivity index (χ1v) is 10.5. The van der Waals surface area contributed by atoms with Crippen molar-refractivity contribution in [1.29, 1.82) is 0 Å². The third kappa shape index (κ3) is 5.87. The molecule has 0 atom stereocenters. The van der Waals surface area contributed by atoms with Gasteiger partial charge < -0.3 is 19.5 Å². The van der Waals surface area contributed by atoms with Gasteiger partial charge in [0.25, 0.3) is 0 Å². The summed E-state index contributed by atoms with van der Waals surface area (Å²) in [5.41, 5.74) is 0.163. The van der Waals surface area contributed by atoms with E-state index < -0.39 is 22.8 Å². The summed E-state index contributed by atoms with van der Waals surface area (Å²) in [5, 5.41) is 18.7. The Morgan fingerprint density at radius 2 is 1.88 bits per heavy atom. The average molecular weight is 464 g/mol. The molecular weight excluding hydrogens is 437 g/mol. The minimum Gasteiger partial charge on any atom is -0.496 e. The minimum absolute atomic E-state index is 0.0179. The average Bonchev–Trinajstić information content (AvgIpc) is 2.72. The highest BCUT2D eigenvalue weighted by Gasteiger charge is 2.18. The number of fused-ring (bicyclic) bond motifs is 1. The number of carboxylic acid groups (broad SMARTS) is 1. The van der Waals surface area contributed by atoms with Crippen LogP contribution < -0.4 is 10.2 Å². The third-order valence-corrected chi connectivity index (χ3v) is 4.76. The molecule has 0 bridgehead atoms. The van der Waals surface area contributed by atoms with Gasteiger partial charge in [0, 0.05) is 30.6 Å². The van der Waals surface area contributed by atoms with Gasteiger partial charge in [-0.25, -0.2) is 9.18 Å². The summed E-state index contributed by atoms with van der Waals surface area (Å²) in [6.45, 7) is 6.36. The van der Waals surface area contributed by atoms with E-state index in [1.165, 1.54) is 30.0 Å². The molecule has 0 spiro atoms. The molecule has 0 amide bonds. The number of halogens is 2. The smallest absolute Gasteiger partial charge is 0.341 e. The van der Waals surface area contributed by atoms with Crippen LogP contribution in [-0.4, -0.2) is 34.5 Å². The van der Waals surface area contributed by atoms with Crippen LogP contribution in [0.2, 0.25) is 5.02 Å². The van der Waals surface area contributed by atoms with Gasteiger partial charge in [-0.3, -0.25) is 4.79 Å². The maximum atomic E-state index is 14.3. The first-order chi connectivity index (χ1) is 15.1. The highest BCUT2D eigenvalue weighted by Crippen LogP contribution is 2.29. The number of benzene rings is 2. The summed E-state index contributed by atoms with van der Waals surface area (Å²) in [6, 6.07) is 7.70. The highest BCUT2D eigenvalue weighted by atomic mass is 35.5. The number of aromatic nitrogens is 1. The van der Waals surface area contributed by atoms with E-state index in [0.717, 1.165) is 5.92 Å². The first-order valence-electron chi connectivity index (χ1n) is 10.1. The maximum absolute atomic E-state index is 14.3. The number of hydrogen-bond acceptors (Lipinski definition) is 4. The lowest BCUT2D eigenvalue weighted by Gasteiger charge is -2.15. The predicted molar refractivity (Wildman–Crippen MR) is 124 cm³/mol. The van der Waals surface area contributed by atoms with E-state index >= 15 is 0 Å². The van der Waals surface area contributed by atoms with Gasteiger partial charge in [0.05, 0.1) is 24.3 Å². The van der Waals surface area contributed by atoms with Gasteiger partial charge in [0.2, 0.25) is 5.43 Å². The van der Waals surface area contributed by atoms with Gasteiger partial charge >= 0.3 is 5.97 Å². The van der Waals surface area contributed by atoms with Gasteiger partial charge in [-0.2, -0.15) is 0 Å². The van der Waals surface area contributed by atoms with Crippen LogP contribution in [0, 0.1) is 11.7 Å². The summed E-state index contributed by atoms with van der Waals surface area (Å²) >= 11 is 5.84. The van der Waals surface area contributed by atoms with Crippen LogP contribution in [0.15, 0.2) is 41.3 Å². The number of carboxylic acids is 1. The van der Waals surface area contributed by atoms with Gasteiger partial charge in [-0.15, -0.1) is 0 Å². The normalized spacial score (nSPS) is 10.8. The lowest BCUT2D eigenvalue weighted by molar-refractivity contribution is 0.0694. The Balaban J connectivity index is 0.000000837. The molecule has 1 aromatic heterocycles. The van der Waals surface area contributed by atoms with E-state index in [1.54, 1.807) is 18.2 Å². The first kappa shape index (κ1) is 25.4. The molecule has 0 aliphatic carbocycles. The molecule has 0 fully saturated rings. The van der Waals surface area contributed by atoms with Crippen LogP contribution in [0.5, 0.6) is 5.75 Å². The largest absolute Gasteiger partial charge is 0.496 e. The molecule has 2 N–H and O–H groups in total. The summed E-state index contributed by atoms with van der Waals surface area (Å²) in [4.78, 5) is 24.1. The van der Waals surface area contributed by atoms with E-state index in [4.69, 9.17) is 16.3 Å². The number of carbonyl (C=O) groups is 1. The molecule has 172 valence electrons. The topological polar surface area (TPSA) is 88.8 Å². The molecule has 0 saturated heterocycles.